The molecule has 0 aliphatic heterocycles. The molecule has 4 rings (SSSR count). The van der Waals surface area contributed by atoms with E-state index in [0.29, 0.717) is 27.6 Å². The van der Waals surface area contributed by atoms with Crippen LogP contribution in [-0.4, -0.2) is 15.0 Å². The molecule has 0 radical (unpaired) electrons. The lowest BCUT2D eigenvalue weighted by Crippen LogP contribution is -2.00. The Morgan fingerprint density at radius 1 is 0.923 bits per heavy atom. The lowest BCUT2D eigenvalue weighted by molar-refractivity contribution is 0.584. The zero-order valence-corrected chi connectivity index (χ0v) is 14.0. The molecule has 4 nitrogen and oxygen atoms in total. The van der Waals surface area contributed by atoms with Crippen LogP contribution in [0.3, 0.4) is 0 Å². The van der Waals surface area contributed by atoms with Crippen LogP contribution in [-0.2, 0) is 0 Å². The van der Waals surface area contributed by atoms with E-state index >= 15 is 0 Å². The molecule has 2 heterocycles. The molecule has 1 N–H and O–H groups in total. The van der Waals surface area contributed by atoms with Crippen molar-refractivity contribution in [1.82, 2.24) is 15.0 Å². The van der Waals surface area contributed by atoms with E-state index in [1.54, 1.807) is 36.7 Å². The number of aromatic nitrogens is 3. The predicted molar refractivity (Wildman–Crippen MR) is 97.4 cm³/mol. The second kappa shape index (κ2) is 6.65. The van der Waals surface area contributed by atoms with Gasteiger partial charge in [-0.15, -0.1) is 0 Å². The molecule has 0 spiro atoms. The van der Waals surface area contributed by atoms with E-state index in [1.807, 2.05) is 6.07 Å². The Bertz CT molecular complexity index is 1080. The molecule has 0 aliphatic carbocycles. The van der Waals surface area contributed by atoms with E-state index in [1.165, 1.54) is 12.1 Å². The first-order valence-electron chi connectivity index (χ1n) is 7.69. The molecule has 26 heavy (non-hydrogen) atoms. The van der Waals surface area contributed by atoms with Gasteiger partial charge in [0.1, 0.15) is 17.5 Å². The zero-order valence-electron chi connectivity index (χ0n) is 13.2. The monoisotopic (exact) mass is 368 g/mol. The average molecular weight is 369 g/mol. The first kappa shape index (κ1) is 16.4. The molecule has 2 aromatic heterocycles. The quantitative estimate of drug-likeness (QED) is 0.528. The third-order valence-electron chi connectivity index (χ3n) is 3.70. The smallest absolute Gasteiger partial charge is 0.163 e. The lowest BCUT2D eigenvalue weighted by Gasteiger charge is -2.11. The van der Waals surface area contributed by atoms with Crippen molar-refractivity contribution < 1.29 is 8.78 Å². The second-order valence-electron chi connectivity index (χ2n) is 5.58. The van der Waals surface area contributed by atoms with Crippen LogP contribution in [0.5, 0.6) is 0 Å². The maximum Gasteiger partial charge on any atom is 0.163 e. The average Bonchev–Trinajstić information content (AvgIpc) is 2.62. The highest BCUT2D eigenvalue weighted by molar-refractivity contribution is 6.31. The van der Waals surface area contributed by atoms with Crippen molar-refractivity contribution >= 4 is 34.0 Å². The Balaban J connectivity index is 1.89. The highest BCUT2D eigenvalue weighted by Crippen LogP contribution is 2.29. The number of nitrogens with one attached hydrogen (secondary N) is 1. The van der Waals surface area contributed by atoms with Gasteiger partial charge in [0.25, 0.3) is 0 Å². The Hall–Kier alpha value is -3.12. The second-order valence-corrected chi connectivity index (χ2v) is 6.02. The van der Waals surface area contributed by atoms with Gasteiger partial charge in [-0.25, -0.2) is 18.7 Å². The number of anilines is 2. The minimum atomic E-state index is -0.684. The highest BCUT2D eigenvalue weighted by Gasteiger charge is 2.11. The number of rotatable bonds is 3. The Morgan fingerprint density at radius 3 is 2.46 bits per heavy atom. The summed E-state index contributed by atoms with van der Waals surface area (Å²) in [6.07, 6.45) is 3.29. The van der Waals surface area contributed by atoms with Gasteiger partial charge < -0.3 is 5.32 Å². The largest absolute Gasteiger partial charge is 0.339 e. The summed E-state index contributed by atoms with van der Waals surface area (Å²) in [4.78, 5) is 13.1. The van der Waals surface area contributed by atoms with E-state index in [0.717, 1.165) is 11.6 Å². The molecule has 4 aromatic rings. The molecule has 0 saturated heterocycles. The molecule has 128 valence electrons. The van der Waals surface area contributed by atoms with Crippen LogP contribution in [0.4, 0.5) is 20.3 Å². The zero-order chi connectivity index (χ0) is 18.1. The highest BCUT2D eigenvalue weighted by atomic mass is 35.5. The minimum absolute atomic E-state index is 0.236. The summed E-state index contributed by atoms with van der Waals surface area (Å²) >= 11 is 6.09. The van der Waals surface area contributed by atoms with Gasteiger partial charge in [-0.2, -0.15) is 0 Å². The van der Waals surface area contributed by atoms with Crippen LogP contribution in [0.25, 0.3) is 22.3 Å². The number of halogens is 3. The molecular formula is C19H11ClF2N4. The van der Waals surface area contributed by atoms with Crippen LogP contribution >= 0.6 is 11.6 Å². The maximum atomic E-state index is 13.5. The van der Waals surface area contributed by atoms with Crippen molar-refractivity contribution in [3.63, 3.8) is 0 Å². The topological polar surface area (TPSA) is 50.7 Å². The van der Waals surface area contributed by atoms with Crippen molar-refractivity contribution in [3.8, 4) is 11.4 Å². The molecule has 0 aliphatic rings. The lowest BCUT2D eigenvalue weighted by atomic mass is 10.2. The summed E-state index contributed by atoms with van der Waals surface area (Å²) in [7, 11) is 0. The van der Waals surface area contributed by atoms with Crippen molar-refractivity contribution in [2.24, 2.45) is 0 Å². The number of benzene rings is 2. The van der Waals surface area contributed by atoms with Gasteiger partial charge in [-0.1, -0.05) is 11.6 Å². The van der Waals surface area contributed by atoms with Crippen molar-refractivity contribution in [3.05, 3.63) is 77.6 Å². The number of fused-ring (bicyclic) bond motifs is 1. The third kappa shape index (κ3) is 3.32. The first-order chi connectivity index (χ1) is 12.6. The molecule has 0 fully saturated rings. The van der Waals surface area contributed by atoms with Gasteiger partial charge in [0.05, 0.1) is 5.52 Å². The normalized spacial score (nSPS) is 10.9. The van der Waals surface area contributed by atoms with Gasteiger partial charge in [0, 0.05) is 40.1 Å². The summed E-state index contributed by atoms with van der Waals surface area (Å²) in [5.41, 5.74) is 1.60. The van der Waals surface area contributed by atoms with Crippen molar-refractivity contribution in [2.75, 3.05) is 5.32 Å². The summed E-state index contributed by atoms with van der Waals surface area (Å²) in [6.45, 7) is 0. The van der Waals surface area contributed by atoms with E-state index in [2.05, 4.69) is 20.3 Å². The number of hydrogen-bond acceptors (Lipinski definition) is 4. The van der Waals surface area contributed by atoms with E-state index in [-0.39, 0.29) is 5.69 Å². The predicted octanol–water partition coefficient (Wildman–Crippen LogP) is 5.37. The Kier molecular flexibility index (Phi) is 4.18. The van der Waals surface area contributed by atoms with Crippen LogP contribution in [0.2, 0.25) is 5.02 Å². The molecule has 0 atom stereocenters. The van der Waals surface area contributed by atoms with Crippen molar-refractivity contribution in [1.29, 1.82) is 0 Å². The first-order valence-corrected chi connectivity index (χ1v) is 8.07. The third-order valence-corrected chi connectivity index (χ3v) is 3.94. The fourth-order valence-electron chi connectivity index (χ4n) is 2.58. The van der Waals surface area contributed by atoms with Gasteiger partial charge in [-0.05, 0) is 42.5 Å². The van der Waals surface area contributed by atoms with Crippen LogP contribution < -0.4 is 5.32 Å². The number of nitrogens with zero attached hydrogens (tertiary/aromatic N) is 3. The standard InChI is InChI=1S/C19H11ClF2N4/c20-12-3-4-17-16(6-12)19(24-15-8-13(21)7-14(22)9-15)26-18(25-17)11-2-1-5-23-10-11/h1-10H,(H,24,25,26). The van der Waals surface area contributed by atoms with Crippen molar-refractivity contribution in [2.45, 2.75) is 0 Å². The summed E-state index contributed by atoms with van der Waals surface area (Å²) in [5.74, 6) is -0.540. The molecule has 0 bridgehead atoms. The minimum Gasteiger partial charge on any atom is -0.339 e. The van der Waals surface area contributed by atoms with Gasteiger partial charge in [0.2, 0.25) is 0 Å². The molecule has 0 saturated carbocycles. The van der Waals surface area contributed by atoms with E-state index in [4.69, 9.17) is 11.6 Å². The number of pyridine rings is 1. The fraction of sp³-hybridized carbons (Fsp3) is 0. The summed E-state index contributed by atoms with van der Waals surface area (Å²) < 4.78 is 27.0. The van der Waals surface area contributed by atoms with E-state index < -0.39 is 11.6 Å². The van der Waals surface area contributed by atoms with Gasteiger partial charge in [-0.3, -0.25) is 4.98 Å². The molecule has 2 aromatic carbocycles. The van der Waals surface area contributed by atoms with Gasteiger partial charge >= 0.3 is 0 Å². The molecular weight excluding hydrogens is 358 g/mol. The fourth-order valence-corrected chi connectivity index (χ4v) is 2.75. The van der Waals surface area contributed by atoms with Crippen LogP contribution in [0.15, 0.2) is 60.9 Å². The van der Waals surface area contributed by atoms with Crippen LogP contribution in [0.1, 0.15) is 0 Å². The Morgan fingerprint density at radius 2 is 1.73 bits per heavy atom. The van der Waals surface area contributed by atoms with E-state index in [9.17, 15) is 8.78 Å². The molecule has 0 unspecified atom stereocenters. The van der Waals surface area contributed by atoms with Crippen LogP contribution in [0, 0.1) is 11.6 Å². The molecule has 7 heteroatoms. The molecule has 0 amide bonds. The SMILES string of the molecule is Fc1cc(F)cc(Nc2nc(-c3cccnc3)nc3ccc(Cl)cc23)c1. The van der Waals surface area contributed by atoms with Gasteiger partial charge in [0.15, 0.2) is 5.82 Å². The number of hydrogen-bond donors (Lipinski definition) is 1. The Labute approximate surface area is 152 Å². The summed E-state index contributed by atoms with van der Waals surface area (Å²) in [5, 5.41) is 4.09. The summed E-state index contributed by atoms with van der Waals surface area (Å²) in [6, 6.07) is 12.0. The maximum absolute atomic E-state index is 13.5.